The zero-order chi connectivity index (χ0) is 15.4. The Morgan fingerprint density at radius 3 is 2.82 bits per heavy atom. The summed E-state index contributed by atoms with van der Waals surface area (Å²) in [5, 5.41) is 6.72. The molecule has 5 heteroatoms. The molecule has 1 unspecified atom stereocenters. The van der Waals surface area contributed by atoms with Crippen molar-refractivity contribution in [3.05, 3.63) is 41.4 Å². The van der Waals surface area contributed by atoms with E-state index in [0.717, 1.165) is 43.8 Å². The maximum Gasteiger partial charge on any atom is 0.227 e. The molecule has 0 bridgehead atoms. The second kappa shape index (κ2) is 7.03. The lowest BCUT2D eigenvalue weighted by atomic mass is 9.88. The Labute approximate surface area is 131 Å². The second-order valence-electron chi connectivity index (χ2n) is 5.93. The van der Waals surface area contributed by atoms with Gasteiger partial charge < -0.3 is 15.4 Å². The molecule has 2 N–H and O–H groups in total. The molecule has 0 radical (unpaired) electrons. The molecule has 2 aliphatic rings. The molecule has 0 saturated carbocycles. The van der Waals surface area contributed by atoms with E-state index in [0.29, 0.717) is 11.9 Å². The number of morpholine rings is 1. The van der Waals surface area contributed by atoms with E-state index in [4.69, 9.17) is 4.74 Å². The summed E-state index contributed by atoms with van der Waals surface area (Å²) in [4.78, 5) is 8.72. The van der Waals surface area contributed by atoms with Crippen LogP contribution in [0.15, 0.2) is 35.8 Å². The van der Waals surface area contributed by atoms with Crippen LogP contribution in [0, 0.1) is 5.92 Å². The lowest BCUT2D eigenvalue weighted by Crippen LogP contribution is -2.42. The van der Waals surface area contributed by atoms with Crippen LogP contribution in [0.5, 0.6) is 0 Å². The predicted octanol–water partition coefficient (Wildman–Crippen LogP) is 2.29. The SMILES string of the molecule is CCc1cnc(NC2=C(C)CC([C@H]3CNCCO3)C=C2)nc1. The molecule has 22 heavy (non-hydrogen) atoms. The fourth-order valence-electron chi connectivity index (χ4n) is 2.88. The van der Waals surface area contributed by atoms with Crippen LogP contribution in [0.25, 0.3) is 0 Å². The minimum atomic E-state index is 0.279. The third kappa shape index (κ3) is 3.54. The van der Waals surface area contributed by atoms with E-state index >= 15 is 0 Å². The molecule has 5 nitrogen and oxygen atoms in total. The van der Waals surface area contributed by atoms with Crippen LogP contribution >= 0.6 is 0 Å². The summed E-state index contributed by atoms with van der Waals surface area (Å²) in [6, 6.07) is 0. The van der Waals surface area contributed by atoms with E-state index in [9.17, 15) is 0 Å². The lowest BCUT2D eigenvalue weighted by Gasteiger charge is -2.31. The van der Waals surface area contributed by atoms with Gasteiger partial charge in [-0.2, -0.15) is 0 Å². The van der Waals surface area contributed by atoms with Gasteiger partial charge >= 0.3 is 0 Å². The van der Waals surface area contributed by atoms with Crippen molar-refractivity contribution in [1.82, 2.24) is 15.3 Å². The first-order valence-corrected chi connectivity index (χ1v) is 8.04. The number of anilines is 1. The van der Waals surface area contributed by atoms with Crippen molar-refractivity contribution in [2.75, 3.05) is 25.0 Å². The van der Waals surface area contributed by atoms with Crippen molar-refractivity contribution in [2.45, 2.75) is 32.8 Å². The average Bonchev–Trinajstić information content (AvgIpc) is 2.58. The molecule has 1 aliphatic carbocycles. The molecule has 2 heterocycles. The first kappa shape index (κ1) is 15.2. The third-order valence-corrected chi connectivity index (χ3v) is 4.31. The number of ether oxygens (including phenoxy) is 1. The number of rotatable bonds is 4. The van der Waals surface area contributed by atoms with Crippen molar-refractivity contribution < 1.29 is 4.74 Å². The largest absolute Gasteiger partial charge is 0.375 e. The van der Waals surface area contributed by atoms with Crippen molar-refractivity contribution in [3.8, 4) is 0 Å². The van der Waals surface area contributed by atoms with Gasteiger partial charge in [-0.15, -0.1) is 0 Å². The Morgan fingerprint density at radius 2 is 2.18 bits per heavy atom. The summed E-state index contributed by atoms with van der Waals surface area (Å²) >= 11 is 0. The summed E-state index contributed by atoms with van der Waals surface area (Å²) < 4.78 is 5.86. The number of nitrogens with one attached hydrogen (secondary N) is 2. The van der Waals surface area contributed by atoms with Crippen LogP contribution in [-0.2, 0) is 11.2 Å². The minimum absolute atomic E-state index is 0.279. The predicted molar refractivity (Wildman–Crippen MR) is 87.6 cm³/mol. The Bertz CT molecular complexity index is 559. The van der Waals surface area contributed by atoms with Gasteiger partial charge in [0.15, 0.2) is 0 Å². The monoisotopic (exact) mass is 300 g/mol. The summed E-state index contributed by atoms with van der Waals surface area (Å²) in [7, 11) is 0. The van der Waals surface area contributed by atoms with Crippen LogP contribution in [0.4, 0.5) is 5.95 Å². The maximum atomic E-state index is 5.86. The number of aromatic nitrogens is 2. The smallest absolute Gasteiger partial charge is 0.227 e. The molecule has 0 amide bonds. The van der Waals surface area contributed by atoms with E-state index < -0.39 is 0 Å². The van der Waals surface area contributed by atoms with Crippen molar-refractivity contribution >= 4 is 5.95 Å². The lowest BCUT2D eigenvalue weighted by molar-refractivity contribution is 0.00291. The third-order valence-electron chi connectivity index (χ3n) is 4.31. The number of nitrogens with zero attached hydrogens (tertiary/aromatic N) is 2. The Hall–Kier alpha value is -1.72. The van der Waals surface area contributed by atoms with Gasteiger partial charge in [0.1, 0.15) is 0 Å². The first-order valence-electron chi connectivity index (χ1n) is 8.04. The van der Waals surface area contributed by atoms with Crippen molar-refractivity contribution in [2.24, 2.45) is 5.92 Å². The molecular formula is C17H24N4O. The Morgan fingerprint density at radius 1 is 1.36 bits per heavy atom. The summed E-state index contributed by atoms with van der Waals surface area (Å²) in [6.07, 6.45) is 10.4. The molecule has 0 aromatic carbocycles. The van der Waals surface area contributed by atoms with Crippen LogP contribution in [0.2, 0.25) is 0 Å². The summed E-state index contributed by atoms with van der Waals surface area (Å²) in [6.45, 7) is 6.97. The number of hydrogen-bond donors (Lipinski definition) is 2. The average molecular weight is 300 g/mol. The molecular weight excluding hydrogens is 276 g/mol. The zero-order valence-electron chi connectivity index (χ0n) is 13.3. The van der Waals surface area contributed by atoms with E-state index in [2.05, 4.69) is 46.6 Å². The number of aryl methyl sites for hydroxylation is 1. The molecule has 1 fully saturated rings. The van der Waals surface area contributed by atoms with Gasteiger partial charge in [0.2, 0.25) is 5.95 Å². The van der Waals surface area contributed by atoms with Gasteiger partial charge in [-0.25, -0.2) is 9.97 Å². The van der Waals surface area contributed by atoms with Crippen LogP contribution < -0.4 is 10.6 Å². The highest BCUT2D eigenvalue weighted by Crippen LogP contribution is 2.27. The molecule has 2 atom stereocenters. The molecule has 3 rings (SSSR count). The highest BCUT2D eigenvalue weighted by atomic mass is 16.5. The van der Waals surface area contributed by atoms with Gasteiger partial charge in [-0.1, -0.05) is 13.0 Å². The molecule has 1 aliphatic heterocycles. The normalized spacial score (nSPS) is 25.4. The second-order valence-corrected chi connectivity index (χ2v) is 5.93. The zero-order valence-corrected chi connectivity index (χ0v) is 13.3. The van der Waals surface area contributed by atoms with E-state index in [1.807, 2.05) is 12.4 Å². The highest BCUT2D eigenvalue weighted by Gasteiger charge is 2.25. The minimum Gasteiger partial charge on any atom is -0.375 e. The van der Waals surface area contributed by atoms with Crippen LogP contribution in [0.3, 0.4) is 0 Å². The molecule has 118 valence electrons. The van der Waals surface area contributed by atoms with Crippen LogP contribution in [0.1, 0.15) is 25.8 Å². The molecule has 1 aromatic heterocycles. The molecule has 1 aromatic rings. The summed E-state index contributed by atoms with van der Waals surface area (Å²) in [5.41, 5.74) is 3.58. The van der Waals surface area contributed by atoms with Gasteiger partial charge in [-0.05, 0) is 37.0 Å². The van der Waals surface area contributed by atoms with E-state index in [1.165, 1.54) is 5.57 Å². The van der Waals surface area contributed by atoms with Gasteiger partial charge in [0.05, 0.1) is 12.7 Å². The van der Waals surface area contributed by atoms with Gasteiger partial charge in [0, 0.05) is 37.1 Å². The topological polar surface area (TPSA) is 59.1 Å². The van der Waals surface area contributed by atoms with E-state index in [-0.39, 0.29) is 6.10 Å². The van der Waals surface area contributed by atoms with Gasteiger partial charge in [0.25, 0.3) is 0 Å². The Balaban J connectivity index is 1.63. The number of allylic oxidation sites excluding steroid dienone is 2. The molecule has 1 saturated heterocycles. The highest BCUT2D eigenvalue weighted by molar-refractivity contribution is 5.44. The summed E-state index contributed by atoms with van der Waals surface area (Å²) in [5.74, 6) is 1.10. The Kier molecular flexibility index (Phi) is 4.85. The van der Waals surface area contributed by atoms with Gasteiger partial charge in [-0.3, -0.25) is 0 Å². The quantitative estimate of drug-likeness (QED) is 0.893. The standard InChI is InChI=1S/C17H24N4O/c1-3-13-9-19-17(20-10-13)21-15-5-4-14(8-12(15)2)16-11-18-6-7-22-16/h4-5,9-10,14,16,18H,3,6-8,11H2,1-2H3,(H,19,20,21)/t14?,16-/m1/s1. The van der Waals surface area contributed by atoms with Crippen LogP contribution in [-0.4, -0.2) is 35.8 Å². The first-order chi connectivity index (χ1) is 10.8. The number of hydrogen-bond acceptors (Lipinski definition) is 5. The fraction of sp³-hybridized carbons (Fsp3) is 0.529. The molecule has 0 spiro atoms. The maximum absolute atomic E-state index is 5.86. The fourth-order valence-corrected chi connectivity index (χ4v) is 2.88. The van der Waals surface area contributed by atoms with Crippen molar-refractivity contribution in [1.29, 1.82) is 0 Å². The van der Waals surface area contributed by atoms with Crippen molar-refractivity contribution in [3.63, 3.8) is 0 Å². The van der Waals surface area contributed by atoms with E-state index in [1.54, 1.807) is 0 Å².